The summed E-state index contributed by atoms with van der Waals surface area (Å²) in [4.78, 5) is 0. The molecule has 0 spiro atoms. The molecule has 2 aromatic rings. The SMILES string of the molecule is Cc1n[nH]c(C)c1NS(=O)(=O)Cc1ccccc1. The van der Waals surface area contributed by atoms with Gasteiger partial charge in [0.2, 0.25) is 10.0 Å². The Morgan fingerprint density at radius 3 is 2.44 bits per heavy atom. The Bertz CT molecular complexity index is 613. The van der Waals surface area contributed by atoms with E-state index in [1.54, 1.807) is 26.0 Å². The van der Waals surface area contributed by atoms with Crippen molar-refractivity contribution >= 4 is 15.7 Å². The van der Waals surface area contributed by atoms with Gasteiger partial charge in [0.1, 0.15) is 0 Å². The quantitative estimate of drug-likeness (QED) is 0.887. The van der Waals surface area contributed by atoms with Gasteiger partial charge in [-0.1, -0.05) is 30.3 Å². The third kappa shape index (κ3) is 2.89. The number of sulfonamides is 1. The summed E-state index contributed by atoms with van der Waals surface area (Å²) in [7, 11) is -3.41. The van der Waals surface area contributed by atoms with E-state index in [0.29, 0.717) is 17.1 Å². The van der Waals surface area contributed by atoms with Gasteiger partial charge in [-0.15, -0.1) is 0 Å². The minimum Gasteiger partial charge on any atom is -0.280 e. The summed E-state index contributed by atoms with van der Waals surface area (Å²) >= 11 is 0. The van der Waals surface area contributed by atoms with Gasteiger partial charge in [-0.3, -0.25) is 9.82 Å². The number of aryl methyl sites for hydroxylation is 2. The lowest BCUT2D eigenvalue weighted by atomic mass is 10.2. The van der Waals surface area contributed by atoms with Gasteiger partial charge in [0, 0.05) is 0 Å². The predicted molar refractivity (Wildman–Crippen MR) is 70.8 cm³/mol. The van der Waals surface area contributed by atoms with E-state index in [4.69, 9.17) is 0 Å². The summed E-state index contributed by atoms with van der Waals surface area (Å²) in [5, 5.41) is 6.70. The number of aromatic amines is 1. The number of hydrogen-bond donors (Lipinski definition) is 2. The van der Waals surface area contributed by atoms with Crippen LogP contribution in [-0.2, 0) is 15.8 Å². The second kappa shape index (κ2) is 4.81. The second-order valence-corrected chi connectivity index (χ2v) is 5.88. The molecule has 18 heavy (non-hydrogen) atoms. The van der Waals surface area contributed by atoms with Crippen molar-refractivity contribution in [1.82, 2.24) is 10.2 Å². The molecule has 0 saturated heterocycles. The Balaban J connectivity index is 2.18. The molecule has 0 fully saturated rings. The molecule has 0 atom stereocenters. The van der Waals surface area contributed by atoms with Crippen LogP contribution in [0, 0.1) is 13.8 Å². The highest BCUT2D eigenvalue weighted by Gasteiger charge is 2.15. The number of hydrogen-bond acceptors (Lipinski definition) is 3. The maximum Gasteiger partial charge on any atom is 0.237 e. The van der Waals surface area contributed by atoms with Crippen molar-refractivity contribution in [1.29, 1.82) is 0 Å². The Kier molecular flexibility index (Phi) is 3.38. The molecular formula is C12H15N3O2S. The minimum atomic E-state index is -3.41. The van der Waals surface area contributed by atoms with Gasteiger partial charge >= 0.3 is 0 Å². The zero-order valence-electron chi connectivity index (χ0n) is 10.3. The highest BCUT2D eigenvalue weighted by molar-refractivity contribution is 7.91. The van der Waals surface area contributed by atoms with Crippen molar-refractivity contribution in [3.63, 3.8) is 0 Å². The van der Waals surface area contributed by atoms with E-state index in [1.165, 1.54) is 0 Å². The van der Waals surface area contributed by atoms with E-state index < -0.39 is 10.0 Å². The molecule has 0 unspecified atom stereocenters. The molecule has 0 aliphatic carbocycles. The summed E-state index contributed by atoms with van der Waals surface area (Å²) in [6.07, 6.45) is 0. The number of H-pyrrole nitrogens is 1. The normalized spacial score (nSPS) is 11.4. The maximum atomic E-state index is 12.0. The van der Waals surface area contributed by atoms with Crippen molar-refractivity contribution in [2.45, 2.75) is 19.6 Å². The minimum absolute atomic E-state index is 0.0438. The first-order valence-corrected chi connectivity index (χ1v) is 7.19. The van der Waals surface area contributed by atoms with Gasteiger partial charge in [-0.2, -0.15) is 5.10 Å². The molecule has 0 aliphatic heterocycles. The lowest BCUT2D eigenvalue weighted by Gasteiger charge is -2.08. The second-order valence-electron chi connectivity index (χ2n) is 4.16. The number of nitrogens with one attached hydrogen (secondary N) is 2. The van der Waals surface area contributed by atoms with E-state index in [1.807, 2.05) is 18.2 Å². The number of aromatic nitrogens is 2. The molecule has 96 valence electrons. The average molecular weight is 265 g/mol. The molecule has 5 nitrogen and oxygen atoms in total. The zero-order chi connectivity index (χ0) is 13.2. The highest BCUT2D eigenvalue weighted by Crippen LogP contribution is 2.19. The number of rotatable bonds is 4. The topological polar surface area (TPSA) is 74.8 Å². The van der Waals surface area contributed by atoms with Gasteiger partial charge in [0.15, 0.2) is 0 Å². The van der Waals surface area contributed by atoms with Crippen LogP contribution in [0.3, 0.4) is 0 Å². The van der Waals surface area contributed by atoms with Crippen molar-refractivity contribution in [2.75, 3.05) is 4.72 Å². The first-order valence-electron chi connectivity index (χ1n) is 5.54. The summed E-state index contributed by atoms with van der Waals surface area (Å²) in [6, 6.07) is 9.06. The van der Waals surface area contributed by atoms with Gasteiger partial charge in [0.05, 0.1) is 22.8 Å². The van der Waals surface area contributed by atoms with Gasteiger partial charge in [-0.25, -0.2) is 8.42 Å². The Morgan fingerprint density at radius 1 is 1.22 bits per heavy atom. The highest BCUT2D eigenvalue weighted by atomic mass is 32.2. The van der Waals surface area contributed by atoms with Crippen LogP contribution < -0.4 is 4.72 Å². The van der Waals surface area contributed by atoms with E-state index in [2.05, 4.69) is 14.9 Å². The first-order chi connectivity index (χ1) is 8.48. The molecule has 1 heterocycles. The smallest absolute Gasteiger partial charge is 0.237 e. The molecule has 0 bridgehead atoms. The van der Waals surface area contributed by atoms with Crippen molar-refractivity contribution in [3.05, 3.63) is 47.3 Å². The van der Waals surface area contributed by atoms with Crippen LogP contribution in [0.25, 0.3) is 0 Å². The van der Waals surface area contributed by atoms with Crippen LogP contribution in [0.2, 0.25) is 0 Å². The van der Waals surface area contributed by atoms with Crippen molar-refractivity contribution in [3.8, 4) is 0 Å². The molecule has 0 amide bonds. The Morgan fingerprint density at radius 2 is 1.89 bits per heavy atom. The Hall–Kier alpha value is -1.82. The third-order valence-electron chi connectivity index (χ3n) is 2.59. The lowest BCUT2D eigenvalue weighted by molar-refractivity contribution is 0.600. The zero-order valence-corrected chi connectivity index (χ0v) is 11.1. The molecule has 6 heteroatoms. The molecule has 0 radical (unpaired) electrons. The fourth-order valence-electron chi connectivity index (χ4n) is 1.69. The lowest BCUT2D eigenvalue weighted by Crippen LogP contribution is -2.15. The summed E-state index contributed by atoms with van der Waals surface area (Å²) in [5.74, 6) is -0.0438. The van der Waals surface area contributed by atoms with E-state index in [-0.39, 0.29) is 5.75 Å². The third-order valence-corrected chi connectivity index (χ3v) is 3.81. The average Bonchev–Trinajstić information content (AvgIpc) is 2.61. The molecule has 2 N–H and O–H groups in total. The molecule has 0 saturated carbocycles. The monoisotopic (exact) mass is 265 g/mol. The predicted octanol–water partition coefficient (Wildman–Crippen LogP) is 1.97. The molecule has 1 aromatic carbocycles. The first kappa shape index (κ1) is 12.6. The molecule has 2 rings (SSSR count). The van der Waals surface area contributed by atoms with Gasteiger partial charge in [0.25, 0.3) is 0 Å². The fraction of sp³-hybridized carbons (Fsp3) is 0.250. The van der Waals surface area contributed by atoms with Crippen LogP contribution in [-0.4, -0.2) is 18.6 Å². The van der Waals surface area contributed by atoms with Crippen LogP contribution in [0.15, 0.2) is 30.3 Å². The summed E-state index contributed by atoms with van der Waals surface area (Å²) < 4.78 is 26.6. The largest absolute Gasteiger partial charge is 0.280 e. The summed E-state index contributed by atoms with van der Waals surface area (Å²) in [6.45, 7) is 3.53. The van der Waals surface area contributed by atoms with E-state index in [0.717, 1.165) is 5.56 Å². The van der Waals surface area contributed by atoms with Gasteiger partial charge < -0.3 is 0 Å². The van der Waals surface area contributed by atoms with Crippen LogP contribution in [0.1, 0.15) is 17.0 Å². The van der Waals surface area contributed by atoms with Crippen LogP contribution in [0.4, 0.5) is 5.69 Å². The standard InChI is InChI=1S/C12H15N3O2S/c1-9-12(10(2)14-13-9)15-18(16,17)8-11-6-4-3-5-7-11/h3-7,15H,8H2,1-2H3,(H,13,14). The summed E-state index contributed by atoms with van der Waals surface area (Å²) in [5.41, 5.74) is 2.64. The van der Waals surface area contributed by atoms with Crippen molar-refractivity contribution in [2.24, 2.45) is 0 Å². The maximum absolute atomic E-state index is 12.0. The van der Waals surface area contributed by atoms with Crippen LogP contribution >= 0.6 is 0 Å². The van der Waals surface area contributed by atoms with Crippen molar-refractivity contribution < 1.29 is 8.42 Å². The van der Waals surface area contributed by atoms with Gasteiger partial charge in [-0.05, 0) is 19.4 Å². The van der Waals surface area contributed by atoms with E-state index >= 15 is 0 Å². The molecular weight excluding hydrogens is 250 g/mol. The molecule has 1 aromatic heterocycles. The van der Waals surface area contributed by atoms with E-state index in [9.17, 15) is 8.42 Å². The number of benzene rings is 1. The van der Waals surface area contributed by atoms with Crippen LogP contribution in [0.5, 0.6) is 0 Å². The number of anilines is 1. The fourth-order valence-corrected chi connectivity index (χ4v) is 3.00. The number of nitrogens with zero attached hydrogens (tertiary/aromatic N) is 1. The molecule has 0 aliphatic rings. The Labute approximate surface area is 106 Å².